The predicted molar refractivity (Wildman–Crippen MR) is 64.7 cm³/mol. The van der Waals surface area contributed by atoms with Gasteiger partial charge in [-0.05, 0) is 22.8 Å². The van der Waals surface area contributed by atoms with Crippen molar-refractivity contribution < 1.29 is 4.57 Å². The topological polar surface area (TPSA) is 3.88 Å². The average Bonchev–Trinajstić information content (AvgIpc) is 2.17. The molecule has 0 N–H and O–H groups in total. The Morgan fingerprint density at radius 3 is 1.93 bits per heavy atom. The number of pyridine rings is 1. The molecular weight excluding hydrogens is 182 g/mol. The molecule has 0 aliphatic rings. The van der Waals surface area contributed by atoms with Crippen molar-refractivity contribution in [2.75, 3.05) is 0 Å². The lowest BCUT2D eigenvalue weighted by molar-refractivity contribution is -0.671. The van der Waals surface area contributed by atoms with Crippen molar-refractivity contribution in [2.45, 2.75) is 40.5 Å². The average molecular weight is 206 g/mol. The number of aryl methyl sites for hydroxylation is 1. The largest absolute Gasteiger partial charge is 0.208 e. The third-order valence-corrected chi connectivity index (χ3v) is 4.11. The van der Waals surface area contributed by atoms with E-state index in [0.717, 1.165) is 0 Å². The molecule has 0 aliphatic heterocycles. The molecule has 1 unspecified atom stereocenters. The summed E-state index contributed by atoms with van der Waals surface area (Å²) in [4.78, 5) is 0. The Kier molecular flexibility index (Phi) is 3.54. The van der Waals surface area contributed by atoms with Crippen LogP contribution in [0.4, 0.5) is 0 Å². The molecule has 0 spiro atoms. The highest BCUT2D eigenvalue weighted by Gasteiger charge is 2.30. The van der Waals surface area contributed by atoms with Gasteiger partial charge in [-0.1, -0.05) is 34.6 Å². The molecule has 1 heteroatoms. The molecule has 0 amide bonds. The standard InChI is InChI=1S/C14H24N/c1-11(2)14(4,5)12(3)13-7-9-15(6)10-8-13/h7-12H,1-6H3/q+1. The van der Waals surface area contributed by atoms with Crippen LogP contribution in [-0.2, 0) is 7.05 Å². The van der Waals surface area contributed by atoms with Crippen LogP contribution in [0.5, 0.6) is 0 Å². The molecule has 0 aliphatic carbocycles. The zero-order chi connectivity index (χ0) is 11.6. The van der Waals surface area contributed by atoms with Gasteiger partial charge in [0, 0.05) is 12.1 Å². The monoisotopic (exact) mass is 206 g/mol. The summed E-state index contributed by atoms with van der Waals surface area (Å²) in [6.45, 7) is 11.7. The van der Waals surface area contributed by atoms with E-state index in [1.54, 1.807) is 0 Å². The fourth-order valence-electron chi connectivity index (χ4n) is 1.73. The molecule has 1 heterocycles. The Morgan fingerprint density at radius 1 is 1.07 bits per heavy atom. The molecule has 1 aromatic heterocycles. The fraction of sp³-hybridized carbons (Fsp3) is 0.643. The van der Waals surface area contributed by atoms with Crippen molar-refractivity contribution in [1.82, 2.24) is 0 Å². The quantitative estimate of drug-likeness (QED) is 0.668. The van der Waals surface area contributed by atoms with Gasteiger partial charge in [0.2, 0.25) is 0 Å². The van der Waals surface area contributed by atoms with Crippen LogP contribution in [0.1, 0.15) is 46.1 Å². The summed E-state index contributed by atoms with van der Waals surface area (Å²) in [7, 11) is 2.06. The van der Waals surface area contributed by atoms with Crippen LogP contribution < -0.4 is 4.57 Å². The molecule has 0 radical (unpaired) electrons. The molecule has 1 atom stereocenters. The zero-order valence-electron chi connectivity index (χ0n) is 10.9. The van der Waals surface area contributed by atoms with Gasteiger partial charge in [-0.25, -0.2) is 4.57 Å². The SMILES string of the molecule is CC(C)C(C)(C)C(C)c1cc[n+](C)cc1. The van der Waals surface area contributed by atoms with Gasteiger partial charge in [-0.15, -0.1) is 0 Å². The summed E-state index contributed by atoms with van der Waals surface area (Å²) in [6.07, 6.45) is 4.25. The first kappa shape index (κ1) is 12.2. The molecule has 15 heavy (non-hydrogen) atoms. The molecule has 0 saturated heterocycles. The van der Waals surface area contributed by atoms with Crippen LogP contribution in [0.25, 0.3) is 0 Å². The second-order valence-corrected chi connectivity index (χ2v) is 5.49. The maximum absolute atomic E-state index is 2.36. The Balaban J connectivity index is 2.94. The van der Waals surface area contributed by atoms with Crippen molar-refractivity contribution >= 4 is 0 Å². The van der Waals surface area contributed by atoms with Crippen LogP contribution in [0.15, 0.2) is 24.5 Å². The van der Waals surface area contributed by atoms with Crippen LogP contribution in [0.2, 0.25) is 0 Å². The fourth-order valence-corrected chi connectivity index (χ4v) is 1.73. The maximum Gasteiger partial charge on any atom is 0.168 e. The van der Waals surface area contributed by atoms with E-state index < -0.39 is 0 Å². The Hall–Kier alpha value is -0.850. The van der Waals surface area contributed by atoms with Crippen LogP contribution in [0, 0.1) is 11.3 Å². The lowest BCUT2D eigenvalue weighted by Crippen LogP contribution is -2.29. The van der Waals surface area contributed by atoms with E-state index in [4.69, 9.17) is 0 Å². The highest BCUT2D eigenvalue weighted by atomic mass is 14.9. The van der Waals surface area contributed by atoms with Crippen molar-refractivity contribution in [2.24, 2.45) is 18.4 Å². The van der Waals surface area contributed by atoms with Gasteiger partial charge in [0.15, 0.2) is 12.4 Å². The predicted octanol–water partition coefficient (Wildman–Crippen LogP) is 3.30. The molecule has 0 aromatic carbocycles. The Morgan fingerprint density at radius 2 is 1.53 bits per heavy atom. The summed E-state index contributed by atoms with van der Waals surface area (Å²) in [5.74, 6) is 1.29. The number of rotatable bonds is 3. The molecule has 1 aromatic rings. The molecule has 0 saturated carbocycles. The van der Waals surface area contributed by atoms with Crippen molar-refractivity contribution in [3.8, 4) is 0 Å². The normalized spacial score (nSPS) is 14.3. The first-order valence-electron chi connectivity index (χ1n) is 5.81. The Labute approximate surface area is 94.1 Å². The number of hydrogen-bond donors (Lipinski definition) is 0. The summed E-state index contributed by atoms with van der Waals surface area (Å²) >= 11 is 0. The van der Waals surface area contributed by atoms with E-state index >= 15 is 0 Å². The third-order valence-electron chi connectivity index (χ3n) is 4.11. The maximum atomic E-state index is 2.36. The van der Waals surface area contributed by atoms with E-state index in [-0.39, 0.29) is 0 Å². The molecule has 84 valence electrons. The summed E-state index contributed by atoms with van der Waals surface area (Å²) in [5, 5.41) is 0. The minimum atomic E-state index is 0.347. The molecule has 0 bridgehead atoms. The minimum absolute atomic E-state index is 0.347. The van der Waals surface area contributed by atoms with E-state index in [2.05, 4.69) is 70.8 Å². The van der Waals surface area contributed by atoms with Gasteiger partial charge in [0.1, 0.15) is 7.05 Å². The first-order chi connectivity index (χ1) is 6.85. The lowest BCUT2D eigenvalue weighted by atomic mass is 9.69. The third kappa shape index (κ3) is 2.58. The van der Waals surface area contributed by atoms with Gasteiger partial charge >= 0.3 is 0 Å². The van der Waals surface area contributed by atoms with E-state index in [9.17, 15) is 0 Å². The minimum Gasteiger partial charge on any atom is -0.208 e. The lowest BCUT2D eigenvalue weighted by Gasteiger charge is -2.36. The van der Waals surface area contributed by atoms with Crippen LogP contribution in [0.3, 0.4) is 0 Å². The Bertz CT molecular complexity index is 309. The number of nitrogens with zero attached hydrogens (tertiary/aromatic N) is 1. The molecule has 1 nitrogen and oxygen atoms in total. The summed E-state index contributed by atoms with van der Waals surface area (Å²) in [6, 6.07) is 4.46. The van der Waals surface area contributed by atoms with E-state index in [1.165, 1.54) is 5.56 Å². The van der Waals surface area contributed by atoms with Gasteiger partial charge < -0.3 is 0 Å². The van der Waals surface area contributed by atoms with Crippen molar-refractivity contribution in [1.29, 1.82) is 0 Å². The first-order valence-corrected chi connectivity index (χ1v) is 5.81. The summed E-state index contributed by atoms with van der Waals surface area (Å²) in [5.41, 5.74) is 1.78. The van der Waals surface area contributed by atoms with Crippen molar-refractivity contribution in [3.05, 3.63) is 30.1 Å². The van der Waals surface area contributed by atoms with Gasteiger partial charge in [0.25, 0.3) is 0 Å². The van der Waals surface area contributed by atoms with E-state index in [1.807, 2.05) is 0 Å². The molecule has 1 rings (SSSR count). The molecular formula is C14H24N+. The zero-order valence-corrected chi connectivity index (χ0v) is 10.9. The van der Waals surface area contributed by atoms with Crippen LogP contribution >= 0.6 is 0 Å². The number of hydrogen-bond acceptors (Lipinski definition) is 0. The van der Waals surface area contributed by atoms with Gasteiger partial charge in [0.05, 0.1) is 0 Å². The second-order valence-electron chi connectivity index (χ2n) is 5.49. The van der Waals surface area contributed by atoms with E-state index in [0.29, 0.717) is 17.3 Å². The number of aromatic nitrogens is 1. The second kappa shape index (κ2) is 4.34. The van der Waals surface area contributed by atoms with Crippen LogP contribution in [-0.4, -0.2) is 0 Å². The molecule has 0 fully saturated rings. The van der Waals surface area contributed by atoms with Crippen molar-refractivity contribution in [3.63, 3.8) is 0 Å². The smallest absolute Gasteiger partial charge is 0.168 e. The highest BCUT2D eigenvalue weighted by Crippen LogP contribution is 2.40. The summed E-state index contributed by atoms with van der Waals surface area (Å²) < 4.78 is 2.08. The van der Waals surface area contributed by atoms with Gasteiger partial charge in [-0.2, -0.15) is 0 Å². The van der Waals surface area contributed by atoms with Gasteiger partial charge in [-0.3, -0.25) is 0 Å². The highest BCUT2D eigenvalue weighted by molar-refractivity contribution is 5.16.